The first-order valence-corrected chi connectivity index (χ1v) is 6.00. The van der Waals surface area contributed by atoms with Crippen molar-refractivity contribution in [1.29, 1.82) is 0 Å². The quantitative estimate of drug-likeness (QED) is 0.873. The van der Waals surface area contributed by atoms with E-state index in [1.807, 2.05) is 13.8 Å². The molecule has 1 aromatic heterocycles. The van der Waals surface area contributed by atoms with Gasteiger partial charge in [-0.05, 0) is 34.3 Å². The maximum absolute atomic E-state index is 11.8. The maximum atomic E-state index is 11.8. The van der Waals surface area contributed by atoms with E-state index in [0.29, 0.717) is 16.7 Å². The zero-order chi connectivity index (χ0) is 12.1. The number of rotatable bonds is 5. The first kappa shape index (κ1) is 13.3. The number of nitrogens with one attached hydrogen (secondary N) is 1. The Hall–Kier alpha value is -0.810. The van der Waals surface area contributed by atoms with Crippen LogP contribution in [0.3, 0.4) is 0 Å². The Labute approximate surface area is 103 Å². The molecule has 1 unspecified atom stereocenters. The van der Waals surface area contributed by atoms with Crippen LogP contribution in [0.4, 0.5) is 0 Å². The standard InChI is InChI=1S/C11H16BrNO3/c1-7(2)9(3-5-14)13-11(15)8-4-6-16-10(8)12/h4,6-7,9,14H,3,5H2,1-2H3,(H,13,15). The van der Waals surface area contributed by atoms with Crippen LogP contribution in [0, 0.1) is 5.92 Å². The highest BCUT2D eigenvalue weighted by Gasteiger charge is 2.19. The predicted molar refractivity (Wildman–Crippen MR) is 64.2 cm³/mol. The average molecular weight is 290 g/mol. The summed E-state index contributed by atoms with van der Waals surface area (Å²) in [7, 11) is 0. The summed E-state index contributed by atoms with van der Waals surface area (Å²) in [4.78, 5) is 11.8. The van der Waals surface area contributed by atoms with Gasteiger partial charge >= 0.3 is 0 Å². The van der Waals surface area contributed by atoms with Crippen molar-refractivity contribution in [2.75, 3.05) is 6.61 Å². The maximum Gasteiger partial charge on any atom is 0.255 e. The van der Waals surface area contributed by atoms with Crippen LogP contribution in [0.2, 0.25) is 0 Å². The molecule has 4 nitrogen and oxygen atoms in total. The van der Waals surface area contributed by atoms with Crippen molar-refractivity contribution in [3.63, 3.8) is 0 Å². The Kier molecular flexibility index (Phi) is 5.02. The fourth-order valence-electron chi connectivity index (χ4n) is 1.41. The van der Waals surface area contributed by atoms with Gasteiger partial charge in [-0.25, -0.2) is 0 Å². The minimum atomic E-state index is -0.187. The number of carbonyl (C=O) groups is 1. The van der Waals surface area contributed by atoms with Crippen molar-refractivity contribution in [3.8, 4) is 0 Å². The van der Waals surface area contributed by atoms with Crippen LogP contribution in [-0.4, -0.2) is 23.7 Å². The molecule has 16 heavy (non-hydrogen) atoms. The number of hydrogen-bond acceptors (Lipinski definition) is 3. The lowest BCUT2D eigenvalue weighted by Gasteiger charge is -2.21. The van der Waals surface area contributed by atoms with Gasteiger partial charge in [0.2, 0.25) is 0 Å². The van der Waals surface area contributed by atoms with Crippen LogP contribution >= 0.6 is 15.9 Å². The number of amides is 1. The Bertz CT molecular complexity index is 349. The van der Waals surface area contributed by atoms with Crippen LogP contribution in [0.1, 0.15) is 30.6 Å². The van der Waals surface area contributed by atoms with Crippen molar-refractivity contribution in [2.24, 2.45) is 5.92 Å². The summed E-state index contributed by atoms with van der Waals surface area (Å²) in [5.41, 5.74) is 0.476. The number of aliphatic hydroxyl groups excluding tert-OH is 1. The summed E-state index contributed by atoms with van der Waals surface area (Å²) >= 11 is 3.16. The lowest BCUT2D eigenvalue weighted by molar-refractivity contribution is 0.0915. The molecular formula is C11H16BrNO3. The van der Waals surface area contributed by atoms with Gasteiger partial charge in [-0.3, -0.25) is 4.79 Å². The molecule has 0 saturated carbocycles. The number of carbonyl (C=O) groups excluding carboxylic acids is 1. The van der Waals surface area contributed by atoms with Crippen LogP contribution in [-0.2, 0) is 0 Å². The zero-order valence-electron chi connectivity index (χ0n) is 9.37. The molecule has 0 aliphatic heterocycles. The summed E-state index contributed by atoms with van der Waals surface area (Å²) in [5, 5.41) is 11.8. The first-order valence-electron chi connectivity index (χ1n) is 5.21. The van der Waals surface area contributed by atoms with Crippen molar-refractivity contribution < 1.29 is 14.3 Å². The molecule has 1 aromatic rings. The Morgan fingerprint density at radius 1 is 1.62 bits per heavy atom. The molecule has 90 valence electrons. The highest BCUT2D eigenvalue weighted by molar-refractivity contribution is 9.10. The molecule has 0 fully saturated rings. The lowest BCUT2D eigenvalue weighted by atomic mass is 10.0. The van der Waals surface area contributed by atoms with Gasteiger partial charge < -0.3 is 14.8 Å². The Morgan fingerprint density at radius 2 is 2.31 bits per heavy atom. The molecule has 1 heterocycles. The van der Waals surface area contributed by atoms with E-state index in [2.05, 4.69) is 21.2 Å². The second-order valence-electron chi connectivity index (χ2n) is 3.94. The number of halogens is 1. The van der Waals surface area contributed by atoms with Crippen LogP contribution in [0.5, 0.6) is 0 Å². The third-order valence-corrected chi connectivity index (χ3v) is 3.04. The van der Waals surface area contributed by atoms with Gasteiger partial charge in [0.05, 0.1) is 11.8 Å². The minimum absolute atomic E-state index is 0.0284. The van der Waals surface area contributed by atoms with Crippen LogP contribution in [0.15, 0.2) is 21.4 Å². The van der Waals surface area contributed by atoms with Crippen molar-refractivity contribution >= 4 is 21.8 Å². The third-order valence-electron chi connectivity index (χ3n) is 2.42. The second-order valence-corrected chi connectivity index (χ2v) is 4.66. The molecule has 0 aromatic carbocycles. The van der Waals surface area contributed by atoms with Crippen molar-refractivity contribution in [3.05, 3.63) is 22.6 Å². The number of furan rings is 1. The highest BCUT2D eigenvalue weighted by Crippen LogP contribution is 2.18. The molecule has 0 aliphatic rings. The third kappa shape index (κ3) is 3.35. The fourth-order valence-corrected chi connectivity index (χ4v) is 1.83. The van der Waals surface area contributed by atoms with Crippen LogP contribution < -0.4 is 5.32 Å². The van der Waals surface area contributed by atoms with Crippen LogP contribution in [0.25, 0.3) is 0 Å². The van der Waals surface area contributed by atoms with Gasteiger partial charge in [0.25, 0.3) is 5.91 Å². The Morgan fingerprint density at radius 3 is 2.75 bits per heavy atom. The van der Waals surface area contributed by atoms with Crippen molar-refractivity contribution in [1.82, 2.24) is 5.32 Å². The van der Waals surface area contributed by atoms with E-state index in [1.54, 1.807) is 6.07 Å². The molecule has 0 spiro atoms. The molecule has 1 rings (SSSR count). The van der Waals surface area contributed by atoms with E-state index < -0.39 is 0 Å². The monoisotopic (exact) mass is 289 g/mol. The second kappa shape index (κ2) is 6.06. The summed E-state index contributed by atoms with van der Waals surface area (Å²) in [5.74, 6) is 0.0922. The number of hydrogen-bond donors (Lipinski definition) is 2. The fraction of sp³-hybridized carbons (Fsp3) is 0.545. The van der Waals surface area contributed by atoms with Gasteiger partial charge in [0.1, 0.15) is 0 Å². The van der Waals surface area contributed by atoms with E-state index in [4.69, 9.17) is 9.52 Å². The summed E-state index contributed by atoms with van der Waals surface area (Å²) in [6.45, 7) is 4.08. The topological polar surface area (TPSA) is 62.5 Å². The molecule has 1 atom stereocenters. The zero-order valence-corrected chi connectivity index (χ0v) is 11.0. The molecule has 0 aliphatic carbocycles. The normalized spacial score (nSPS) is 12.8. The molecule has 0 radical (unpaired) electrons. The van der Waals surface area contributed by atoms with E-state index in [0.717, 1.165) is 0 Å². The van der Waals surface area contributed by atoms with E-state index >= 15 is 0 Å². The first-order chi connectivity index (χ1) is 7.56. The summed E-state index contributed by atoms with van der Waals surface area (Å²) < 4.78 is 5.42. The summed E-state index contributed by atoms with van der Waals surface area (Å²) in [6.07, 6.45) is 2.01. The molecule has 0 saturated heterocycles. The molecule has 1 amide bonds. The summed E-state index contributed by atoms with van der Waals surface area (Å²) in [6, 6.07) is 1.58. The number of aliphatic hydroxyl groups is 1. The molecular weight excluding hydrogens is 274 g/mol. The van der Waals surface area contributed by atoms with Gasteiger partial charge in [0, 0.05) is 12.6 Å². The molecule has 2 N–H and O–H groups in total. The van der Waals surface area contributed by atoms with E-state index in [9.17, 15) is 4.79 Å². The smallest absolute Gasteiger partial charge is 0.255 e. The van der Waals surface area contributed by atoms with Gasteiger partial charge in [-0.1, -0.05) is 13.8 Å². The molecule has 5 heteroatoms. The van der Waals surface area contributed by atoms with Gasteiger partial charge in [-0.15, -0.1) is 0 Å². The van der Waals surface area contributed by atoms with E-state index in [-0.39, 0.29) is 24.5 Å². The molecule has 0 bridgehead atoms. The van der Waals surface area contributed by atoms with E-state index in [1.165, 1.54) is 6.26 Å². The minimum Gasteiger partial charge on any atom is -0.457 e. The average Bonchev–Trinajstić information content (AvgIpc) is 2.63. The van der Waals surface area contributed by atoms with Crippen molar-refractivity contribution in [2.45, 2.75) is 26.3 Å². The Balaban J connectivity index is 2.65. The largest absolute Gasteiger partial charge is 0.457 e. The highest BCUT2D eigenvalue weighted by atomic mass is 79.9. The SMILES string of the molecule is CC(C)C(CCO)NC(=O)c1ccoc1Br. The van der Waals surface area contributed by atoms with Gasteiger partial charge in [-0.2, -0.15) is 0 Å². The lowest BCUT2D eigenvalue weighted by Crippen LogP contribution is -2.39. The van der Waals surface area contributed by atoms with Gasteiger partial charge in [0.15, 0.2) is 4.67 Å². The predicted octanol–water partition coefficient (Wildman–Crippen LogP) is 2.18.